The topological polar surface area (TPSA) is 63.2 Å². The van der Waals surface area contributed by atoms with Crippen molar-refractivity contribution in [2.24, 2.45) is 0 Å². The van der Waals surface area contributed by atoms with E-state index in [0.717, 1.165) is 24.2 Å². The van der Waals surface area contributed by atoms with Crippen LogP contribution in [0.5, 0.6) is 11.5 Å². The van der Waals surface area contributed by atoms with E-state index < -0.39 is 11.2 Å². The van der Waals surface area contributed by atoms with Gasteiger partial charge < -0.3 is 23.7 Å². The molecule has 1 aromatic rings. The summed E-state index contributed by atoms with van der Waals surface area (Å²) in [6.45, 7) is 3.41. The SMILES string of the molecule is CCOC(=O)C[C@@]12CCC3(C[C@@H]1Oc1c(OC)cccc12)OCCO3. The third-order valence-electron chi connectivity index (χ3n) is 5.64. The Balaban J connectivity index is 1.72. The van der Waals surface area contributed by atoms with E-state index >= 15 is 0 Å². The van der Waals surface area contributed by atoms with Gasteiger partial charge >= 0.3 is 5.97 Å². The molecule has 2 aliphatic heterocycles. The molecule has 1 saturated heterocycles. The van der Waals surface area contributed by atoms with Crippen molar-refractivity contribution in [1.29, 1.82) is 0 Å². The van der Waals surface area contributed by atoms with E-state index in [1.54, 1.807) is 7.11 Å². The van der Waals surface area contributed by atoms with Crippen molar-refractivity contribution in [3.05, 3.63) is 23.8 Å². The molecule has 0 aromatic heterocycles. The molecule has 6 nitrogen and oxygen atoms in total. The van der Waals surface area contributed by atoms with Crippen molar-refractivity contribution in [1.82, 2.24) is 0 Å². The van der Waals surface area contributed by atoms with Crippen LogP contribution < -0.4 is 9.47 Å². The number of hydrogen-bond donors (Lipinski definition) is 0. The number of ether oxygens (including phenoxy) is 5. The predicted molar refractivity (Wildman–Crippen MR) is 88.8 cm³/mol. The first-order valence-electron chi connectivity index (χ1n) is 8.90. The van der Waals surface area contributed by atoms with Gasteiger partial charge in [-0.25, -0.2) is 0 Å². The minimum Gasteiger partial charge on any atom is -0.493 e. The maximum atomic E-state index is 12.4. The van der Waals surface area contributed by atoms with Gasteiger partial charge in [0, 0.05) is 23.8 Å². The molecule has 3 aliphatic rings. The van der Waals surface area contributed by atoms with Gasteiger partial charge in [0.25, 0.3) is 0 Å². The molecule has 0 unspecified atom stereocenters. The zero-order valence-electron chi connectivity index (χ0n) is 14.7. The minimum atomic E-state index is -0.585. The molecule has 0 bridgehead atoms. The smallest absolute Gasteiger partial charge is 0.306 e. The highest BCUT2D eigenvalue weighted by Gasteiger charge is 2.59. The van der Waals surface area contributed by atoms with Gasteiger partial charge in [0.15, 0.2) is 17.3 Å². The summed E-state index contributed by atoms with van der Waals surface area (Å²) in [4.78, 5) is 12.4. The summed E-state index contributed by atoms with van der Waals surface area (Å²) in [7, 11) is 1.63. The molecule has 2 heterocycles. The van der Waals surface area contributed by atoms with Crippen molar-refractivity contribution in [3.63, 3.8) is 0 Å². The molecule has 0 N–H and O–H groups in total. The number of carbonyl (C=O) groups excluding carboxylic acids is 1. The van der Waals surface area contributed by atoms with Crippen LogP contribution in [-0.4, -0.2) is 44.8 Å². The number of para-hydroxylation sites is 1. The second-order valence-corrected chi connectivity index (χ2v) is 6.89. The maximum Gasteiger partial charge on any atom is 0.306 e. The lowest BCUT2D eigenvalue weighted by atomic mass is 9.65. The molecule has 0 radical (unpaired) electrons. The summed E-state index contributed by atoms with van der Waals surface area (Å²) < 4.78 is 28.8. The number of methoxy groups -OCH3 is 1. The van der Waals surface area contributed by atoms with Gasteiger partial charge in [-0.15, -0.1) is 0 Å². The average Bonchev–Trinajstić information content (AvgIpc) is 3.18. The molecular weight excluding hydrogens is 324 g/mol. The van der Waals surface area contributed by atoms with E-state index in [9.17, 15) is 4.79 Å². The van der Waals surface area contributed by atoms with Crippen molar-refractivity contribution >= 4 is 5.97 Å². The molecule has 25 heavy (non-hydrogen) atoms. The second kappa shape index (κ2) is 6.18. The fraction of sp³-hybridized carbons (Fsp3) is 0.632. The first kappa shape index (κ1) is 16.7. The Bertz CT molecular complexity index is 666. The molecule has 1 aromatic carbocycles. The summed E-state index contributed by atoms with van der Waals surface area (Å²) in [5, 5.41) is 0. The van der Waals surface area contributed by atoms with Gasteiger partial charge in [-0.3, -0.25) is 4.79 Å². The third-order valence-corrected chi connectivity index (χ3v) is 5.64. The lowest BCUT2D eigenvalue weighted by molar-refractivity contribution is -0.204. The molecular formula is C19H24O6. The Kier molecular flexibility index (Phi) is 4.12. The van der Waals surface area contributed by atoms with Gasteiger partial charge in [-0.1, -0.05) is 12.1 Å². The van der Waals surface area contributed by atoms with E-state index in [2.05, 4.69) is 0 Å². The van der Waals surface area contributed by atoms with E-state index in [4.69, 9.17) is 23.7 Å². The maximum absolute atomic E-state index is 12.4. The van der Waals surface area contributed by atoms with Crippen molar-refractivity contribution in [2.45, 2.75) is 49.9 Å². The summed E-state index contributed by atoms with van der Waals surface area (Å²) in [6, 6.07) is 5.86. The van der Waals surface area contributed by atoms with Gasteiger partial charge in [0.05, 0.1) is 33.4 Å². The van der Waals surface area contributed by atoms with E-state index in [0.29, 0.717) is 38.4 Å². The Morgan fingerprint density at radius 2 is 2.08 bits per heavy atom. The number of fused-ring (bicyclic) bond motifs is 3. The molecule has 0 amide bonds. The molecule has 1 aliphatic carbocycles. The lowest BCUT2D eigenvalue weighted by Gasteiger charge is -2.44. The monoisotopic (exact) mass is 348 g/mol. The highest BCUT2D eigenvalue weighted by atomic mass is 16.7. The van der Waals surface area contributed by atoms with Crippen LogP contribution in [0.4, 0.5) is 0 Å². The predicted octanol–water partition coefficient (Wildman–Crippen LogP) is 2.57. The molecule has 1 saturated carbocycles. The minimum absolute atomic E-state index is 0.198. The van der Waals surface area contributed by atoms with Crippen LogP contribution in [0.15, 0.2) is 18.2 Å². The Labute approximate surface area is 147 Å². The lowest BCUT2D eigenvalue weighted by Crippen LogP contribution is -2.52. The van der Waals surface area contributed by atoms with Crippen LogP contribution in [0.1, 0.15) is 38.2 Å². The first-order chi connectivity index (χ1) is 12.1. The van der Waals surface area contributed by atoms with E-state index in [-0.39, 0.29) is 12.1 Å². The normalized spacial score (nSPS) is 29.0. The Hall–Kier alpha value is -1.79. The number of benzene rings is 1. The highest BCUT2D eigenvalue weighted by Crippen LogP contribution is 2.57. The number of esters is 1. The van der Waals surface area contributed by atoms with Crippen LogP contribution in [0, 0.1) is 0 Å². The van der Waals surface area contributed by atoms with Gasteiger partial charge in [0.1, 0.15) is 6.10 Å². The molecule has 136 valence electrons. The summed E-state index contributed by atoms with van der Waals surface area (Å²) >= 11 is 0. The summed E-state index contributed by atoms with van der Waals surface area (Å²) in [5.41, 5.74) is 0.606. The van der Waals surface area contributed by atoms with Gasteiger partial charge in [-0.05, 0) is 19.4 Å². The quantitative estimate of drug-likeness (QED) is 0.780. The fourth-order valence-corrected chi connectivity index (χ4v) is 4.48. The first-order valence-corrected chi connectivity index (χ1v) is 8.90. The van der Waals surface area contributed by atoms with Crippen LogP contribution >= 0.6 is 0 Å². The zero-order chi connectivity index (χ0) is 17.5. The average molecular weight is 348 g/mol. The number of carbonyl (C=O) groups is 1. The molecule has 2 atom stereocenters. The Morgan fingerprint density at radius 3 is 2.80 bits per heavy atom. The third kappa shape index (κ3) is 2.59. The zero-order valence-corrected chi connectivity index (χ0v) is 14.7. The molecule has 4 rings (SSSR count). The standard InChI is InChI=1S/C19H24O6/c1-3-22-16(20)12-18-7-8-19(23-9-10-24-19)11-15(18)25-17-13(18)5-4-6-14(17)21-2/h4-6,15H,3,7-12H2,1-2H3/t15-,18+/m0/s1. The van der Waals surface area contributed by atoms with E-state index in [1.807, 2.05) is 25.1 Å². The van der Waals surface area contributed by atoms with Crippen LogP contribution in [0.3, 0.4) is 0 Å². The Morgan fingerprint density at radius 1 is 1.28 bits per heavy atom. The van der Waals surface area contributed by atoms with Crippen LogP contribution in [-0.2, 0) is 24.4 Å². The second-order valence-electron chi connectivity index (χ2n) is 6.89. The number of rotatable bonds is 4. The largest absolute Gasteiger partial charge is 0.493 e. The highest BCUT2D eigenvalue weighted by molar-refractivity contribution is 5.73. The fourth-order valence-electron chi connectivity index (χ4n) is 4.48. The van der Waals surface area contributed by atoms with Crippen LogP contribution in [0.2, 0.25) is 0 Å². The van der Waals surface area contributed by atoms with E-state index in [1.165, 1.54) is 0 Å². The van der Waals surface area contributed by atoms with Gasteiger partial charge in [-0.2, -0.15) is 0 Å². The van der Waals surface area contributed by atoms with Crippen molar-refractivity contribution in [2.75, 3.05) is 26.9 Å². The molecule has 2 fully saturated rings. The summed E-state index contributed by atoms with van der Waals surface area (Å²) in [5.74, 6) is 0.640. The summed E-state index contributed by atoms with van der Waals surface area (Å²) in [6.07, 6.45) is 2.18. The van der Waals surface area contributed by atoms with Gasteiger partial charge in [0.2, 0.25) is 0 Å². The number of hydrogen-bond acceptors (Lipinski definition) is 6. The molecule has 1 spiro atoms. The molecule has 6 heteroatoms. The van der Waals surface area contributed by atoms with Crippen molar-refractivity contribution < 1.29 is 28.5 Å². The van der Waals surface area contributed by atoms with Crippen molar-refractivity contribution in [3.8, 4) is 11.5 Å². The van der Waals surface area contributed by atoms with Crippen LogP contribution in [0.25, 0.3) is 0 Å².